The van der Waals surface area contributed by atoms with E-state index in [9.17, 15) is 0 Å². The van der Waals surface area contributed by atoms with Gasteiger partial charge in [-0.1, -0.05) is 57.2 Å². The fraction of sp³-hybridized carbons (Fsp3) is 0.789. The Hall–Kier alpha value is 0.397. The topological polar surface area (TPSA) is 0 Å². The van der Waals surface area contributed by atoms with Crippen LogP contribution < -0.4 is 0 Å². The zero-order valence-electron chi connectivity index (χ0n) is 16.0. The van der Waals surface area contributed by atoms with E-state index < -0.39 is 8.07 Å². The van der Waals surface area contributed by atoms with Crippen LogP contribution in [0.1, 0.15) is 60.8 Å². The lowest BCUT2D eigenvalue weighted by atomic mass is 10.1. The summed E-state index contributed by atoms with van der Waals surface area (Å²) in [5.41, 5.74) is 3.03. The number of hydrogen-bond acceptors (Lipinski definition) is 2. The molecule has 0 bridgehead atoms. The summed E-state index contributed by atoms with van der Waals surface area (Å²) >= 11 is 4.49. The van der Waals surface area contributed by atoms with Crippen LogP contribution in [0.25, 0.3) is 0 Å². The van der Waals surface area contributed by atoms with Gasteiger partial charge in [-0.2, -0.15) is 0 Å². The molecule has 0 amide bonds. The van der Waals surface area contributed by atoms with Gasteiger partial charge in [-0.3, -0.25) is 0 Å². The summed E-state index contributed by atoms with van der Waals surface area (Å²) in [6.07, 6.45) is 8.82. The van der Waals surface area contributed by atoms with Gasteiger partial charge in [-0.25, -0.2) is 0 Å². The van der Waals surface area contributed by atoms with E-state index in [0.717, 1.165) is 0 Å². The van der Waals surface area contributed by atoms with Crippen LogP contribution in [0.4, 0.5) is 0 Å². The predicted molar refractivity (Wildman–Crippen MR) is 112 cm³/mol. The summed E-state index contributed by atoms with van der Waals surface area (Å²) in [6.45, 7) is 19.3. The summed E-state index contributed by atoms with van der Waals surface area (Å²) < 4.78 is 0.360. The first-order valence-corrected chi connectivity index (χ1v) is 13.6. The molecule has 0 aromatic heterocycles. The molecule has 1 saturated heterocycles. The molecule has 0 saturated carbocycles. The highest BCUT2D eigenvalue weighted by Crippen LogP contribution is 2.57. The first-order chi connectivity index (χ1) is 10.0. The molecule has 0 aromatic carbocycles. The van der Waals surface area contributed by atoms with Crippen LogP contribution in [0.3, 0.4) is 0 Å². The SMILES string of the molecule is CC(C)=CCC/C(C)=C\C1([Si](C)(C)C(C)(C)C)SCCCS1. The Morgan fingerprint density at radius 3 is 2.09 bits per heavy atom. The van der Waals surface area contributed by atoms with E-state index in [4.69, 9.17) is 0 Å². The smallest absolute Gasteiger partial charge is 0.0884 e. The fourth-order valence-corrected chi connectivity index (χ4v) is 12.4. The van der Waals surface area contributed by atoms with Gasteiger partial charge in [0.25, 0.3) is 0 Å². The van der Waals surface area contributed by atoms with Crippen molar-refractivity contribution >= 4 is 31.6 Å². The van der Waals surface area contributed by atoms with Crippen LogP contribution in [0.5, 0.6) is 0 Å². The third-order valence-electron chi connectivity index (χ3n) is 5.20. The molecule has 1 aliphatic heterocycles. The lowest BCUT2D eigenvalue weighted by molar-refractivity contribution is 0.712. The average molecular weight is 357 g/mol. The summed E-state index contributed by atoms with van der Waals surface area (Å²) in [6, 6.07) is 0. The van der Waals surface area contributed by atoms with Gasteiger partial charge in [0.15, 0.2) is 0 Å². The van der Waals surface area contributed by atoms with Crippen molar-refractivity contribution in [3.8, 4) is 0 Å². The molecule has 128 valence electrons. The highest BCUT2D eigenvalue weighted by atomic mass is 32.2. The van der Waals surface area contributed by atoms with Crippen LogP contribution in [-0.4, -0.2) is 23.3 Å². The number of allylic oxidation sites excluding steroid dienone is 3. The maximum Gasteiger partial charge on any atom is 0.0884 e. The molecule has 3 heteroatoms. The Kier molecular flexibility index (Phi) is 7.42. The van der Waals surface area contributed by atoms with E-state index in [1.165, 1.54) is 36.3 Å². The minimum atomic E-state index is -1.44. The Bertz CT molecular complexity index is 417. The Labute approximate surface area is 149 Å². The minimum absolute atomic E-state index is 0.360. The lowest BCUT2D eigenvalue weighted by Crippen LogP contribution is -2.56. The Balaban J connectivity index is 3.05. The Morgan fingerprint density at radius 2 is 1.64 bits per heavy atom. The molecule has 1 rings (SSSR count). The molecule has 0 N–H and O–H groups in total. The molecule has 22 heavy (non-hydrogen) atoms. The van der Waals surface area contributed by atoms with Gasteiger partial charge in [0.1, 0.15) is 0 Å². The van der Waals surface area contributed by atoms with Crippen molar-refractivity contribution in [3.63, 3.8) is 0 Å². The van der Waals surface area contributed by atoms with Crippen LogP contribution in [0, 0.1) is 0 Å². The van der Waals surface area contributed by atoms with Crippen molar-refractivity contribution < 1.29 is 0 Å². The second-order valence-electron chi connectivity index (χ2n) is 8.40. The molecule has 0 atom stereocenters. The summed E-state index contributed by atoms with van der Waals surface area (Å²) in [4.78, 5) is 0. The standard InChI is InChI=1S/C19H36S2Si/c1-16(2)11-9-12-17(3)15-19(20-13-10-14-21-19)22(7,8)18(4,5)6/h11,15H,9-10,12-14H2,1-8H3/b17-15-. The maximum absolute atomic E-state index is 2.68. The normalized spacial score (nSPS) is 19.9. The highest BCUT2D eigenvalue weighted by Gasteiger charge is 2.53. The summed E-state index contributed by atoms with van der Waals surface area (Å²) in [5.74, 6) is 2.66. The quantitative estimate of drug-likeness (QED) is 0.374. The molecule has 1 aliphatic rings. The van der Waals surface area contributed by atoms with Crippen molar-refractivity contribution in [1.29, 1.82) is 0 Å². The fourth-order valence-electron chi connectivity index (χ4n) is 2.68. The van der Waals surface area contributed by atoms with Crippen LogP contribution >= 0.6 is 23.5 Å². The number of rotatable bonds is 5. The van der Waals surface area contributed by atoms with Crippen molar-refractivity contribution in [2.24, 2.45) is 0 Å². The van der Waals surface area contributed by atoms with E-state index >= 15 is 0 Å². The first kappa shape index (κ1) is 20.4. The van der Waals surface area contributed by atoms with Crippen molar-refractivity contribution in [3.05, 3.63) is 23.3 Å². The van der Waals surface area contributed by atoms with Crippen molar-refractivity contribution in [2.75, 3.05) is 11.5 Å². The zero-order chi connectivity index (χ0) is 17.0. The monoisotopic (exact) mass is 356 g/mol. The minimum Gasteiger partial charge on any atom is -0.144 e. The van der Waals surface area contributed by atoms with Crippen molar-refractivity contribution in [2.45, 2.75) is 82.6 Å². The molecule has 0 aromatic rings. The van der Waals surface area contributed by atoms with E-state index in [0.29, 0.717) is 8.74 Å². The zero-order valence-corrected chi connectivity index (χ0v) is 18.6. The van der Waals surface area contributed by atoms with Gasteiger partial charge < -0.3 is 0 Å². The van der Waals surface area contributed by atoms with E-state index in [1.54, 1.807) is 5.57 Å². The van der Waals surface area contributed by atoms with Crippen LogP contribution in [0.2, 0.25) is 18.1 Å². The Morgan fingerprint density at radius 1 is 1.09 bits per heavy atom. The summed E-state index contributed by atoms with van der Waals surface area (Å²) in [7, 11) is -1.44. The largest absolute Gasteiger partial charge is 0.144 e. The van der Waals surface area contributed by atoms with Gasteiger partial charge in [-0.15, -0.1) is 23.5 Å². The van der Waals surface area contributed by atoms with Gasteiger partial charge in [0.2, 0.25) is 0 Å². The second kappa shape index (κ2) is 7.98. The van der Waals surface area contributed by atoms with Gasteiger partial charge in [0.05, 0.1) is 11.8 Å². The van der Waals surface area contributed by atoms with Crippen molar-refractivity contribution in [1.82, 2.24) is 0 Å². The average Bonchev–Trinajstić information content (AvgIpc) is 2.37. The lowest BCUT2D eigenvalue weighted by Gasteiger charge is -2.52. The molecule has 0 aliphatic carbocycles. The molecule has 1 heterocycles. The first-order valence-electron chi connectivity index (χ1n) is 8.61. The summed E-state index contributed by atoms with van der Waals surface area (Å²) in [5, 5.41) is 0.432. The number of thioether (sulfide) groups is 2. The molecule has 0 spiro atoms. The van der Waals surface area contributed by atoms with E-state index in [2.05, 4.69) is 90.3 Å². The highest BCUT2D eigenvalue weighted by molar-refractivity contribution is 8.21. The van der Waals surface area contributed by atoms with Crippen LogP contribution in [0.15, 0.2) is 23.3 Å². The molecular weight excluding hydrogens is 320 g/mol. The molecule has 0 nitrogen and oxygen atoms in total. The molecule has 1 fully saturated rings. The maximum atomic E-state index is 2.68. The van der Waals surface area contributed by atoms with Gasteiger partial charge in [0, 0.05) is 0 Å². The molecule has 0 radical (unpaired) electrons. The predicted octanol–water partition coefficient (Wildman–Crippen LogP) is 7.29. The van der Waals surface area contributed by atoms with Crippen LogP contribution in [-0.2, 0) is 0 Å². The molecular formula is C19H36S2Si. The van der Waals surface area contributed by atoms with E-state index in [-0.39, 0.29) is 0 Å². The second-order valence-corrected chi connectivity index (χ2v) is 17.6. The van der Waals surface area contributed by atoms with E-state index in [1.807, 2.05) is 0 Å². The molecule has 0 unspecified atom stereocenters. The third kappa shape index (κ3) is 4.94. The van der Waals surface area contributed by atoms with Gasteiger partial charge >= 0.3 is 0 Å². The third-order valence-corrected chi connectivity index (χ3v) is 17.5. The van der Waals surface area contributed by atoms with Gasteiger partial charge in [-0.05, 0) is 56.6 Å². The number of hydrogen-bond donors (Lipinski definition) is 0.